The zero-order chi connectivity index (χ0) is 43.8. The van der Waals surface area contributed by atoms with Gasteiger partial charge in [0.25, 0.3) is 0 Å². The lowest BCUT2D eigenvalue weighted by Crippen LogP contribution is -2.18. The Labute approximate surface area is 366 Å². The minimum absolute atomic E-state index is 0.0481. The topological polar surface area (TPSA) is 51.2 Å². The van der Waals surface area contributed by atoms with E-state index in [1.807, 2.05) is 78.9 Å². The van der Waals surface area contributed by atoms with Crippen molar-refractivity contribution in [2.45, 2.75) is 94.0 Å². The molecule has 0 aliphatic heterocycles. The number of carbonyl (C=O) groups is 3. The highest BCUT2D eigenvalue weighted by Crippen LogP contribution is 2.25. The summed E-state index contributed by atoms with van der Waals surface area (Å²) >= 11 is 13.0. The highest BCUT2D eigenvalue weighted by molar-refractivity contribution is 9.11. The van der Waals surface area contributed by atoms with Crippen LogP contribution < -0.4 is 0 Å². The number of carbonyl (C=O) groups excluding carboxylic acids is 3. The summed E-state index contributed by atoms with van der Waals surface area (Å²) in [6, 6.07) is 30.8. The molecule has 0 aliphatic rings. The predicted octanol–water partition coefficient (Wildman–Crippen LogP) is 15.2. The molecule has 0 saturated carbocycles. The number of aryl methyl sites for hydroxylation is 3. The standard InChI is InChI=1S/C12H11BrO3.3C10H10BrF3/c13-11(8-10(15)6-7-14)12(16)9-4-2-1-3-5-9;3*11-9-5-3-8(4-6-9)2-1-7-10(12,13)14/h1-5,7,11H,6,8H2;3*3-6H,1-2,7H2. The summed E-state index contributed by atoms with van der Waals surface area (Å²) in [4.78, 5) is 32.5. The van der Waals surface area contributed by atoms with E-state index in [1.54, 1.807) is 24.3 Å². The van der Waals surface area contributed by atoms with Crippen molar-refractivity contribution in [3.8, 4) is 0 Å². The second-order valence-electron chi connectivity index (χ2n) is 12.6. The molecule has 0 amide bonds. The highest BCUT2D eigenvalue weighted by atomic mass is 79.9. The molecule has 16 heteroatoms. The van der Waals surface area contributed by atoms with E-state index in [0.717, 1.165) is 30.1 Å². The molecule has 0 saturated heterocycles. The Morgan fingerprint density at radius 2 is 0.828 bits per heavy atom. The molecular weight excluding hydrogens is 1040 g/mol. The van der Waals surface area contributed by atoms with Gasteiger partial charge >= 0.3 is 18.5 Å². The number of benzene rings is 4. The van der Waals surface area contributed by atoms with Crippen molar-refractivity contribution in [2.75, 3.05) is 0 Å². The van der Waals surface area contributed by atoms with Crippen LogP contribution in [0.4, 0.5) is 39.5 Å². The van der Waals surface area contributed by atoms with E-state index in [4.69, 9.17) is 0 Å². The van der Waals surface area contributed by atoms with Gasteiger partial charge in [-0.15, -0.1) is 0 Å². The van der Waals surface area contributed by atoms with Gasteiger partial charge < -0.3 is 4.79 Å². The summed E-state index contributed by atoms with van der Waals surface area (Å²) in [5.41, 5.74) is 3.38. The van der Waals surface area contributed by atoms with E-state index in [0.29, 0.717) is 31.1 Å². The van der Waals surface area contributed by atoms with E-state index in [1.165, 1.54) is 0 Å². The molecule has 0 aliphatic carbocycles. The summed E-state index contributed by atoms with van der Waals surface area (Å²) in [6.45, 7) is 0. The number of ketones is 2. The van der Waals surface area contributed by atoms with Crippen molar-refractivity contribution in [1.82, 2.24) is 0 Å². The minimum atomic E-state index is -4.03. The second-order valence-corrected chi connectivity index (χ2v) is 16.4. The van der Waals surface area contributed by atoms with Crippen LogP contribution in [0.1, 0.15) is 78.4 Å². The lowest BCUT2D eigenvalue weighted by Gasteiger charge is -2.06. The molecule has 0 bridgehead atoms. The zero-order valence-corrected chi connectivity index (χ0v) is 37.2. The van der Waals surface area contributed by atoms with Crippen LogP contribution in [0.3, 0.4) is 0 Å². The zero-order valence-electron chi connectivity index (χ0n) is 30.9. The molecule has 0 heterocycles. The molecule has 3 nitrogen and oxygen atoms in total. The van der Waals surface area contributed by atoms with Crippen LogP contribution in [-0.4, -0.2) is 41.2 Å². The maximum absolute atomic E-state index is 11.8. The molecule has 0 aromatic heterocycles. The van der Waals surface area contributed by atoms with Gasteiger partial charge in [0.15, 0.2) is 5.78 Å². The number of alkyl halides is 10. The smallest absolute Gasteiger partial charge is 0.303 e. The Hall–Kier alpha value is -2.82. The summed E-state index contributed by atoms with van der Waals surface area (Å²) in [5, 5.41) is 0. The Morgan fingerprint density at radius 1 is 0.517 bits per heavy atom. The second kappa shape index (κ2) is 27.8. The van der Waals surface area contributed by atoms with E-state index in [2.05, 4.69) is 63.7 Å². The number of hydrogen-bond donors (Lipinski definition) is 0. The lowest BCUT2D eigenvalue weighted by molar-refractivity contribution is -0.136. The van der Waals surface area contributed by atoms with E-state index < -0.39 is 42.6 Å². The van der Waals surface area contributed by atoms with Gasteiger partial charge in [-0.2, -0.15) is 39.5 Å². The molecule has 0 fully saturated rings. The van der Waals surface area contributed by atoms with Gasteiger partial charge in [0.2, 0.25) is 0 Å². The first-order valence-electron chi connectivity index (χ1n) is 17.7. The summed E-state index contributed by atoms with van der Waals surface area (Å²) < 4.78 is 109. The van der Waals surface area contributed by atoms with Gasteiger partial charge in [0.05, 0.1) is 11.2 Å². The number of Topliss-reactive ketones (excluding diaryl/α,β-unsaturated/α-hetero) is 2. The molecule has 4 rings (SSSR count). The van der Waals surface area contributed by atoms with Crippen LogP contribution in [0.2, 0.25) is 0 Å². The highest BCUT2D eigenvalue weighted by Gasteiger charge is 2.27. The van der Waals surface area contributed by atoms with Crippen LogP contribution in [0.25, 0.3) is 0 Å². The van der Waals surface area contributed by atoms with Gasteiger partial charge in [-0.3, -0.25) is 9.59 Å². The Kier molecular flexibility index (Phi) is 25.5. The third-order valence-electron chi connectivity index (χ3n) is 7.58. The maximum atomic E-state index is 11.8. The molecule has 318 valence electrons. The van der Waals surface area contributed by atoms with Gasteiger partial charge in [-0.1, -0.05) is 130 Å². The molecule has 1 unspecified atom stereocenters. The first-order chi connectivity index (χ1) is 27.1. The molecule has 0 radical (unpaired) electrons. The first kappa shape index (κ1) is 53.2. The van der Waals surface area contributed by atoms with E-state index in [-0.39, 0.29) is 43.7 Å². The number of hydrogen-bond acceptors (Lipinski definition) is 3. The van der Waals surface area contributed by atoms with Crippen LogP contribution in [0.15, 0.2) is 117 Å². The fourth-order valence-electron chi connectivity index (χ4n) is 4.68. The molecule has 0 N–H and O–H groups in total. The fourth-order valence-corrected chi connectivity index (χ4v) is 6.10. The normalized spacial score (nSPS) is 11.7. The molecule has 58 heavy (non-hydrogen) atoms. The molecular formula is C42H41Br4F9O3. The van der Waals surface area contributed by atoms with Crippen molar-refractivity contribution in [1.29, 1.82) is 0 Å². The average molecular weight is 1080 g/mol. The van der Waals surface area contributed by atoms with Crippen molar-refractivity contribution in [3.05, 3.63) is 139 Å². The number of halogens is 13. The van der Waals surface area contributed by atoms with Gasteiger partial charge in [0, 0.05) is 44.7 Å². The van der Waals surface area contributed by atoms with Crippen LogP contribution in [-0.2, 0) is 28.9 Å². The Balaban J connectivity index is 0.000000387. The Bertz CT molecular complexity index is 1600. The van der Waals surface area contributed by atoms with Crippen molar-refractivity contribution in [2.24, 2.45) is 0 Å². The van der Waals surface area contributed by atoms with E-state index >= 15 is 0 Å². The third kappa shape index (κ3) is 28.6. The first-order valence-corrected chi connectivity index (χ1v) is 21.0. The lowest BCUT2D eigenvalue weighted by atomic mass is 10.0. The minimum Gasteiger partial charge on any atom is -0.303 e. The van der Waals surface area contributed by atoms with Gasteiger partial charge in [-0.25, -0.2) is 0 Å². The van der Waals surface area contributed by atoms with Crippen LogP contribution >= 0.6 is 63.7 Å². The largest absolute Gasteiger partial charge is 0.389 e. The average Bonchev–Trinajstić information content (AvgIpc) is 3.13. The fraction of sp³-hybridized carbons (Fsp3) is 0.357. The molecule has 4 aromatic carbocycles. The third-order valence-corrected chi connectivity index (χ3v) is 9.90. The molecule has 4 aromatic rings. The predicted molar refractivity (Wildman–Crippen MR) is 223 cm³/mol. The summed E-state index contributed by atoms with van der Waals surface area (Å²) in [7, 11) is 0. The number of aldehydes is 1. The summed E-state index contributed by atoms with van der Waals surface area (Å²) in [6.07, 6.45) is -11.8. The summed E-state index contributed by atoms with van der Waals surface area (Å²) in [5.74, 6) is -0.374. The van der Waals surface area contributed by atoms with E-state index in [9.17, 15) is 53.9 Å². The van der Waals surface area contributed by atoms with Crippen LogP contribution in [0, 0.1) is 0 Å². The SMILES string of the molecule is FC(F)(F)CCCc1ccc(Br)cc1.FC(F)(F)CCCc1ccc(Br)cc1.FC(F)(F)CCCc1ccc(Br)cc1.O=CCC(=O)CC(Br)C(=O)c1ccccc1. The quantitative estimate of drug-likeness (QED) is 0.0392. The monoisotopic (exact) mass is 1080 g/mol. The van der Waals surface area contributed by atoms with Crippen LogP contribution in [0.5, 0.6) is 0 Å². The Morgan fingerprint density at radius 3 is 1.10 bits per heavy atom. The maximum Gasteiger partial charge on any atom is 0.389 e. The van der Waals surface area contributed by atoms with Crippen molar-refractivity contribution >= 4 is 81.6 Å². The molecule has 1 atom stereocenters. The van der Waals surface area contributed by atoms with Gasteiger partial charge in [-0.05, 0) is 91.6 Å². The van der Waals surface area contributed by atoms with Gasteiger partial charge in [0.1, 0.15) is 12.1 Å². The van der Waals surface area contributed by atoms with Crippen molar-refractivity contribution in [3.63, 3.8) is 0 Å². The van der Waals surface area contributed by atoms with Crippen molar-refractivity contribution < 1.29 is 53.9 Å². The molecule has 0 spiro atoms. The number of rotatable bonds is 15.